The molecule has 2 rings (SSSR count). The van der Waals surface area contributed by atoms with Crippen molar-refractivity contribution in [2.24, 2.45) is 0 Å². The van der Waals surface area contributed by atoms with Gasteiger partial charge in [-0.1, -0.05) is 0 Å². The predicted molar refractivity (Wildman–Crippen MR) is 88.3 cm³/mol. The van der Waals surface area contributed by atoms with E-state index in [1.165, 1.54) is 11.3 Å². The molecule has 0 fully saturated rings. The Morgan fingerprint density at radius 3 is 2.77 bits per heavy atom. The fourth-order valence-corrected chi connectivity index (χ4v) is 2.81. The fraction of sp³-hybridized carbons (Fsp3) is 0.333. The van der Waals surface area contributed by atoms with Gasteiger partial charge in [0.2, 0.25) is 0 Å². The van der Waals surface area contributed by atoms with Crippen molar-refractivity contribution in [3.63, 3.8) is 0 Å². The van der Waals surface area contributed by atoms with Gasteiger partial charge in [-0.05, 0) is 30.0 Å². The SMILES string of the molecule is CCn1ccc(CN(C)C(=O)Nc2sccc2C(=O)NC)c1. The van der Waals surface area contributed by atoms with Crippen LogP contribution in [0.2, 0.25) is 0 Å². The highest BCUT2D eigenvalue weighted by molar-refractivity contribution is 7.14. The Bertz CT molecular complexity index is 662. The molecule has 7 heteroatoms. The normalized spacial score (nSPS) is 10.3. The third kappa shape index (κ3) is 3.67. The summed E-state index contributed by atoms with van der Waals surface area (Å²) in [5.74, 6) is -0.209. The molecule has 0 radical (unpaired) electrons. The van der Waals surface area contributed by atoms with E-state index in [0.717, 1.165) is 12.1 Å². The monoisotopic (exact) mass is 320 g/mol. The van der Waals surface area contributed by atoms with Gasteiger partial charge in [-0.15, -0.1) is 11.3 Å². The molecule has 2 N–H and O–H groups in total. The lowest BCUT2D eigenvalue weighted by Crippen LogP contribution is -2.31. The second kappa shape index (κ2) is 7.13. The maximum atomic E-state index is 12.2. The van der Waals surface area contributed by atoms with Crippen LogP contribution >= 0.6 is 11.3 Å². The van der Waals surface area contributed by atoms with Gasteiger partial charge in [-0.2, -0.15) is 0 Å². The quantitative estimate of drug-likeness (QED) is 0.889. The summed E-state index contributed by atoms with van der Waals surface area (Å²) in [6.07, 6.45) is 4.01. The third-order valence-electron chi connectivity index (χ3n) is 3.30. The van der Waals surface area contributed by atoms with E-state index in [1.54, 1.807) is 30.4 Å². The molecule has 0 atom stereocenters. The topological polar surface area (TPSA) is 66.4 Å². The van der Waals surface area contributed by atoms with Crippen LogP contribution in [0, 0.1) is 0 Å². The Labute approximate surface area is 133 Å². The molecule has 0 spiro atoms. The number of nitrogens with one attached hydrogen (secondary N) is 2. The molecule has 2 heterocycles. The molecule has 0 unspecified atom stereocenters. The molecule has 22 heavy (non-hydrogen) atoms. The largest absolute Gasteiger partial charge is 0.355 e. The summed E-state index contributed by atoms with van der Waals surface area (Å²) in [5, 5.41) is 7.68. The number of hydrogen-bond acceptors (Lipinski definition) is 3. The lowest BCUT2D eigenvalue weighted by molar-refractivity contribution is 0.0964. The molecular weight excluding hydrogens is 300 g/mol. The fourth-order valence-electron chi connectivity index (χ4n) is 2.04. The summed E-state index contributed by atoms with van der Waals surface area (Å²) in [5.41, 5.74) is 1.54. The van der Waals surface area contributed by atoms with E-state index in [2.05, 4.69) is 22.1 Å². The number of aryl methyl sites for hydroxylation is 1. The van der Waals surface area contributed by atoms with Gasteiger partial charge in [0.15, 0.2) is 0 Å². The predicted octanol–water partition coefficient (Wildman–Crippen LogP) is 2.59. The summed E-state index contributed by atoms with van der Waals surface area (Å²) in [6, 6.07) is 3.45. The molecule has 0 aliphatic heterocycles. The van der Waals surface area contributed by atoms with Gasteiger partial charge in [0, 0.05) is 39.6 Å². The average Bonchev–Trinajstić information content (AvgIpc) is 3.15. The van der Waals surface area contributed by atoms with Crippen LogP contribution < -0.4 is 10.6 Å². The highest BCUT2D eigenvalue weighted by Gasteiger charge is 2.16. The second-order valence-corrected chi connectivity index (χ2v) is 5.80. The van der Waals surface area contributed by atoms with Crippen molar-refractivity contribution in [3.05, 3.63) is 41.0 Å². The zero-order chi connectivity index (χ0) is 16.1. The van der Waals surface area contributed by atoms with E-state index >= 15 is 0 Å². The number of amides is 3. The number of thiophene rings is 1. The van der Waals surface area contributed by atoms with Crippen molar-refractivity contribution >= 4 is 28.3 Å². The lowest BCUT2D eigenvalue weighted by Gasteiger charge is -2.17. The van der Waals surface area contributed by atoms with Crippen LogP contribution in [-0.4, -0.2) is 35.5 Å². The molecule has 0 saturated carbocycles. The van der Waals surface area contributed by atoms with Crippen molar-refractivity contribution in [2.45, 2.75) is 20.0 Å². The highest BCUT2D eigenvalue weighted by atomic mass is 32.1. The lowest BCUT2D eigenvalue weighted by atomic mass is 10.3. The Morgan fingerprint density at radius 2 is 2.14 bits per heavy atom. The minimum atomic E-state index is -0.239. The Morgan fingerprint density at radius 1 is 1.36 bits per heavy atom. The number of urea groups is 1. The van der Waals surface area contributed by atoms with Crippen LogP contribution in [0.5, 0.6) is 0 Å². The van der Waals surface area contributed by atoms with E-state index in [4.69, 9.17) is 0 Å². The Balaban J connectivity index is 1.99. The van der Waals surface area contributed by atoms with Crippen molar-refractivity contribution in [1.29, 1.82) is 0 Å². The zero-order valence-electron chi connectivity index (χ0n) is 12.9. The number of hydrogen-bond donors (Lipinski definition) is 2. The van der Waals surface area contributed by atoms with Gasteiger partial charge >= 0.3 is 6.03 Å². The molecule has 118 valence electrons. The van der Waals surface area contributed by atoms with Crippen LogP contribution in [0.15, 0.2) is 29.9 Å². The van der Waals surface area contributed by atoms with Crippen molar-refractivity contribution in [2.75, 3.05) is 19.4 Å². The molecule has 0 bridgehead atoms. The van der Waals surface area contributed by atoms with Gasteiger partial charge < -0.3 is 14.8 Å². The first-order valence-electron chi connectivity index (χ1n) is 7.01. The number of carbonyl (C=O) groups excluding carboxylic acids is 2. The summed E-state index contributed by atoms with van der Waals surface area (Å²) in [6.45, 7) is 3.48. The number of anilines is 1. The first-order chi connectivity index (χ1) is 10.5. The molecule has 3 amide bonds. The van der Waals surface area contributed by atoms with Gasteiger partial charge in [-0.25, -0.2) is 4.79 Å². The van der Waals surface area contributed by atoms with E-state index in [9.17, 15) is 9.59 Å². The Kier molecular flexibility index (Phi) is 5.21. The standard InChI is InChI=1S/C15H20N4O2S/c1-4-19-7-5-11(10-19)9-18(3)15(21)17-14-12(6-8-22-14)13(20)16-2/h5-8,10H,4,9H2,1-3H3,(H,16,20)(H,17,21). The molecule has 2 aromatic heterocycles. The molecule has 0 aliphatic rings. The molecular formula is C15H20N4O2S. The van der Waals surface area contributed by atoms with Crippen LogP contribution in [0.1, 0.15) is 22.8 Å². The second-order valence-electron chi connectivity index (χ2n) is 4.88. The van der Waals surface area contributed by atoms with Gasteiger partial charge in [0.1, 0.15) is 5.00 Å². The van der Waals surface area contributed by atoms with Gasteiger partial charge in [0.25, 0.3) is 5.91 Å². The van der Waals surface area contributed by atoms with Crippen LogP contribution in [0.3, 0.4) is 0 Å². The summed E-state index contributed by atoms with van der Waals surface area (Å²) < 4.78 is 2.06. The summed E-state index contributed by atoms with van der Waals surface area (Å²) in [4.78, 5) is 25.5. The van der Waals surface area contributed by atoms with E-state index in [-0.39, 0.29) is 11.9 Å². The first kappa shape index (κ1) is 16.1. The summed E-state index contributed by atoms with van der Waals surface area (Å²) >= 11 is 1.33. The van der Waals surface area contributed by atoms with E-state index < -0.39 is 0 Å². The summed E-state index contributed by atoms with van der Waals surface area (Å²) in [7, 11) is 3.29. The maximum absolute atomic E-state index is 12.2. The van der Waals surface area contributed by atoms with E-state index in [1.807, 2.05) is 18.5 Å². The smallest absolute Gasteiger partial charge is 0.322 e. The van der Waals surface area contributed by atoms with Crippen molar-refractivity contribution < 1.29 is 9.59 Å². The number of carbonyl (C=O) groups is 2. The molecule has 0 saturated heterocycles. The van der Waals surface area contributed by atoms with Gasteiger partial charge in [0.05, 0.1) is 5.56 Å². The maximum Gasteiger partial charge on any atom is 0.322 e. The first-order valence-corrected chi connectivity index (χ1v) is 7.89. The molecule has 6 nitrogen and oxygen atoms in total. The Hall–Kier alpha value is -2.28. The van der Waals surface area contributed by atoms with E-state index in [0.29, 0.717) is 17.1 Å². The minimum Gasteiger partial charge on any atom is -0.355 e. The average molecular weight is 320 g/mol. The number of rotatable bonds is 5. The number of aromatic nitrogens is 1. The number of nitrogens with zero attached hydrogens (tertiary/aromatic N) is 2. The van der Waals surface area contributed by atoms with Crippen molar-refractivity contribution in [3.8, 4) is 0 Å². The third-order valence-corrected chi connectivity index (χ3v) is 4.13. The molecule has 0 aliphatic carbocycles. The molecule has 2 aromatic rings. The van der Waals surface area contributed by atoms with Crippen LogP contribution in [0.25, 0.3) is 0 Å². The molecule has 0 aromatic carbocycles. The minimum absolute atomic E-state index is 0.209. The van der Waals surface area contributed by atoms with Crippen LogP contribution in [0.4, 0.5) is 9.80 Å². The highest BCUT2D eigenvalue weighted by Crippen LogP contribution is 2.23. The van der Waals surface area contributed by atoms with Crippen molar-refractivity contribution in [1.82, 2.24) is 14.8 Å². The van der Waals surface area contributed by atoms with Crippen LogP contribution in [-0.2, 0) is 13.1 Å². The zero-order valence-corrected chi connectivity index (χ0v) is 13.7. The van der Waals surface area contributed by atoms with Gasteiger partial charge in [-0.3, -0.25) is 10.1 Å².